The van der Waals surface area contributed by atoms with Crippen LogP contribution in [-0.2, 0) is 11.2 Å². The van der Waals surface area contributed by atoms with Gasteiger partial charge in [0.25, 0.3) is 0 Å². The Morgan fingerprint density at radius 1 is 1.62 bits per heavy atom. The SMILES string of the molecule is CC(=O)Cc1ccc(OI)c(Cl)c1. The maximum Gasteiger partial charge on any atom is 0.192 e. The largest absolute Gasteiger partial charge is 0.426 e. The fraction of sp³-hybridized carbons (Fsp3) is 0.222. The lowest BCUT2D eigenvalue weighted by Gasteiger charge is -2.02. The van der Waals surface area contributed by atoms with Crippen LogP contribution in [0.5, 0.6) is 5.75 Å². The van der Waals surface area contributed by atoms with Gasteiger partial charge in [-0.3, -0.25) is 4.79 Å². The summed E-state index contributed by atoms with van der Waals surface area (Å²) in [6.45, 7) is 1.55. The Hall–Kier alpha value is -0.290. The number of hydrogen-bond acceptors (Lipinski definition) is 2. The molecule has 0 N–H and O–H groups in total. The first-order chi connectivity index (χ1) is 6.13. The first-order valence-corrected chi connectivity index (χ1v) is 4.96. The van der Waals surface area contributed by atoms with Crippen LogP contribution >= 0.6 is 34.6 Å². The van der Waals surface area contributed by atoms with E-state index in [0.29, 0.717) is 17.2 Å². The van der Waals surface area contributed by atoms with Crippen molar-refractivity contribution in [2.24, 2.45) is 0 Å². The zero-order valence-electron chi connectivity index (χ0n) is 7.01. The molecule has 0 spiro atoms. The van der Waals surface area contributed by atoms with E-state index in [-0.39, 0.29) is 5.78 Å². The van der Waals surface area contributed by atoms with Crippen molar-refractivity contribution in [2.45, 2.75) is 13.3 Å². The first kappa shape index (κ1) is 10.8. The highest BCUT2D eigenvalue weighted by atomic mass is 127. The van der Waals surface area contributed by atoms with Crippen LogP contribution in [0, 0.1) is 0 Å². The van der Waals surface area contributed by atoms with Crippen molar-refractivity contribution in [3.63, 3.8) is 0 Å². The summed E-state index contributed by atoms with van der Waals surface area (Å²) in [5, 5.41) is 0.535. The van der Waals surface area contributed by atoms with Gasteiger partial charge in [-0.1, -0.05) is 17.7 Å². The third-order valence-corrected chi connectivity index (χ3v) is 2.30. The predicted molar refractivity (Wildman–Crippen MR) is 60.5 cm³/mol. The summed E-state index contributed by atoms with van der Waals surface area (Å²) in [4.78, 5) is 10.8. The molecular formula is C9H8ClIO2. The van der Waals surface area contributed by atoms with E-state index in [2.05, 4.69) is 0 Å². The maximum absolute atomic E-state index is 10.8. The number of rotatable bonds is 3. The third-order valence-electron chi connectivity index (χ3n) is 1.53. The number of hydrogen-bond donors (Lipinski definition) is 0. The number of carbonyl (C=O) groups is 1. The molecule has 0 atom stereocenters. The summed E-state index contributed by atoms with van der Waals surface area (Å²) < 4.78 is 4.96. The standard InChI is InChI=1S/C9H8ClIO2/c1-6(12)4-7-2-3-9(13-11)8(10)5-7/h2-3,5H,4H2,1H3. The number of halogens is 2. The fourth-order valence-corrected chi connectivity index (χ4v) is 1.76. The lowest BCUT2D eigenvalue weighted by molar-refractivity contribution is -0.116. The van der Waals surface area contributed by atoms with Crippen LogP contribution in [0.4, 0.5) is 0 Å². The zero-order valence-corrected chi connectivity index (χ0v) is 9.93. The normalized spacial score (nSPS) is 9.77. The molecule has 70 valence electrons. The second kappa shape index (κ2) is 4.81. The second-order valence-electron chi connectivity index (χ2n) is 2.72. The molecule has 0 aliphatic heterocycles. The quantitative estimate of drug-likeness (QED) is 0.802. The summed E-state index contributed by atoms with van der Waals surface area (Å²) in [6.07, 6.45) is 0.418. The Morgan fingerprint density at radius 2 is 2.31 bits per heavy atom. The summed E-state index contributed by atoms with van der Waals surface area (Å²) in [6, 6.07) is 5.34. The minimum absolute atomic E-state index is 0.124. The van der Waals surface area contributed by atoms with Gasteiger partial charge in [-0.15, -0.1) is 0 Å². The average Bonchev–Trinajstić information content (AvgIpc) is 2.03. The van der Waals surface area contributed by atoms with Gasteiger partial charge in [-0.25, -0.2) is 0 Å². The van der Waals surface area contributed by atoms with Gasteiger partial charge in [-0.2, -0.15) is 0 Å². The Morgan fingerprint density at radius 3 is 2.77 bits per heavy atom. The Bertz CT molecular complexity index is 325. The Balaban J connectivity index is 2.89. The van der Waals surface area contributed by atoms with Gasteiger partial charge in [0.2, 0.25) is 0 Å². The molecule has 0 amide bonds. The van der Waals surface area contributed by atoms with E-state index in [1.165, 1.54) is 0 Å². The fourth-order valence-electron chi connectivity index (χ4n) is 1.00. The minimum atomic E-state index is 0.124. The number of carbonyl (C=O) groups excluding carboxylic acids is 1. The van der Waals surface area contributed by atoms with Crippen LogP contribution in [-0.4, -0.2) is 5.78 Å². The molecule has 4 heteroatoms. The highest BCUT2D eigenvalue weighted by molar-refractivity contribution is 14.1. The molecule has 2 nitrogen and oxygen atoms in total. The van der Waals surface area contributed by atoms with Gasteiger partial charge in [-0.05, 0) is 24.6 Å². The summed E-state index contributed by atoms with van der Waals surface area (Å²) in [7, 11) is 0. The van der Waals surface area contributed by atoms with E-state index < -0.39 is 0 Å². The van der Waals surface area contributed by atoms with Crippen LogP contribution in [0.3, 0.4) is 0 Å². The molecule has 13 heavy (non-hydrogen) atoms. The molecule has 1 aromatic carbocycles. The number of ketones is 1. The van der Waals surface area contributed by atoms with Crippen molar-refractivity contribution in [2.75, 3.05) is 0 Å². The van der Waals surface area contributed by atoms with E-state index in [1.54, 1.807) is 42.1 Å². The van der Waals surface area contributed by atoms with Gasteiger partial charge in [0.15, 0.2) is 28.8 Å². The predicted octanol–water partition coefficient (Wildman–Crippen LogP) is 3.20. The monoisotopic (exact) mass is 310 g/mol. The molecule has 0 aromatic heterocycles. The zero-order chi connectivity index (χ0) is 9.84. The van der Waals surface area contributed by atoms with E-state index in [4.69, 9.17) is 14.7 Å². The van der Waals surface area contributed by atoms with E-state index in [1.807, 2.05) is 6.07 Å². The van der Waals surface area contributed by atoms with Gasteiger partial charge >= 0.3 is 0 Å². The van der Waals surface area contributed by atoms with Crippen LogP contribution in [0.2, 0.25) is 5.02 Å². The maximum atomic E-state index is 10.8. The average molecular weight is 311 g/mol. The second-order valence-corrected chi connectivity index (χ2v) is 3.57. The molecular weight excluding hydrogens is 302 g/mol. The molecule has 0 fully saturated rings. The molecule has 0 heterocycles. The molecule has 1 aromatic rings. The van der Waals surface area contributed by atoms with Crippen molar-refractivity contribution < 1.29 is 7.86 Å². The molecule has 0 aliphatic rings. The van der Waals surface area contributed by atoms with Crippen molar-refractivity contribution in [1.29, 1.82) is 0 Å². The highest BCUT2D eigenvalue weighted by Crippen LogP contribution is 2.26. The van der Waals surface area contributed by atoms with E-state index >= 15 is 0 Å². The minimum Gasteiger partial charge on any atom is -0.426 e. The van der Waals surface area contributed by atoms with Gasteiger partial charge in [0.1, 0.15) is 5.78 Å². The molecule has 0 saturated heterocycles. The molecule has 0 radical (unpaired) electrons. The van der Waals surface area contributed by atoms with Crippen LogP contribution in [0.15, 0.2) is 18.2 Å². The molecule has 0 unspecified atom stereocenters. The van der Waals surface area contributed by atoms with Crippen molar-refractivity contribution in [1.82, 2.24) is 0 Å². The van der Waals surface area contributed by atoms with Crippen molar-refractivity contribution >= 4 is 40.4 Å². The topological polar surface area (TPSA) is 26.3 Å². The van der Waals surface area contributed by atoms with Gasteiger partial charge < -0.3 is 3.07 Å². The smallest absolute Gasteiger partial charge is 0.192 e. The number of benzene rings is 1. The number of Topliss-reactive ketones (excluding diaryl/α,β-unsaturated/α-hetero) is 1. The van der Waals surface area contributed by atoms with E-state index in [9.17, 15) is 4.79 Å². The van der Waals surface area contributed by atoms with Crippen LogP contribution in [0.1, 0.15) is 12.5 Å². The molecule has 0 saturated carbocycles. The highest BCUT2D eigenvalue weighted by Gasteiger charge is 2.03. The van der Waals surface area contributed by atoms with Gasteiger partial charge in [0, 0.05) is 6.42 Å². The first-order valence-electron chi connectivity index (χ1n) is 3.70. The summed E-state index contributed by atoms with van der Waals surface area (Å²) in [5.74, 6) is 0.744. The van der Waals surface area contributed by atoms with Crippen molar-refractivity contribution in [3.8, 4) is 5.75 Å². The molecule has 0 aliphatic carbocycles. The molecule has 1 rings (SSSR count). The molecule has 0 bridgehead atoms. The lowest BCUT2D eigenvalue weighted by Crippen LogP contribution is -1.95. The lowest BCUT2D eigenvalue weighted by atomic mass is 10.1. The Kier molecular flexibility index (Phi) is 3.99. The Labute approximate surface area is 95.9 Å². The van der Waals surface area contributed by atoms with Crippen LogP contribution in [0.25, 0.3) is 0 Å². The van der Waals surface area contributed by atoms with E-state index in [0.717, 1.165) is 5.56 Å². The summed E-state index contributed by atoms with van der Waals surface area (Å²) >= 11 is 7.64. The third kappa shape index (κ3) is 3.15. The van der Waals surface area contributed by atoms with Gasteiger partial charge in [0.05, 0.1) is 5.02 Å². The van der Waals surface area contributed by atoms with Crippen LogP contribution < -0.4 is 3.07 Å². The van der Waals surface area contributed by atoms with Crippen molar-refractivity contribution in [3.05, 3.63) is 28.8 Å². The summed E-state index contributed by atoms with van der Waals surface area (Å²) in [5.41, 5.74) is 0.912.